The molecule has 1 aromatic rings. The van der Waals surface area contributed by atoms with Crippen LogP contribution in [0.25, 0.3) is 0 Å². The van der Waals surface area contributed by atoms with Gasteiger partial charge < -0.3 is 10.2 Å². The van der Waals surface area contributed by atoms with Gasteiger partial charge in [-0.2, -0.15) is 5.26 Å². The van der Waals surface area contributed by atoms with Crippen molar-refractivity contribution < 1.29 is 4.79 Å². The van der Waals surface area contributed by atoms with Gasteiger partial charge in [0.25, 0.3) is 0 Å². The fraction of sp³-hybridized carbons (Fsp3) is 0.417. The van der Waals surface area contributed by atoms with Gasteiger partial charge in [-0.3, -0.25) is 4.79 Å². The van der Waals surface area contributed by atoms with Gasteiger partial charge in [0, 0.05) is 19.3 Å². The molecule has 0 bridgehead atoms. The fourth-order valence-corrected chi connectivity index (χ4v) is 1.87. The lowest BCUT2D eigenvalue weighted by Crippen LogP contribution is -2.33. The molecule has 0 aliphatic carbocycles. The Morgan fingerprint density at radius 2 is 2.29 bits per heavy atom. The smallest absolute Gasteiger partial charge is 0.241 e. The predicted molar refractivity (Wildman–Crippen MR) is 63.3 cm³/mol. The summed E-state index contributed by atoms with van der Waals surface area (Å²) in [6.45, 7) is 1.88. The highest BCUT2D eigenvalue weighted by Gasteiger charge is 2.17. The van der Waals surface area contributed by atoms with Crippen LogP contribution in [0.15, 0.2) is 18.3 Å². The minimum atomic E-state index is 0.0667. The highest BCUT2D eigenvalue weighted by atomic mass is 16.2. The zero-order chi connectivity index (χ0) is 12.1. The van der Waals surface area contributed by atoms with E-state index in [1.54, 1.807) is 18.3 Å². The van der Waals surface area contributed by atoms with E-state index in [9.17, 15) is 4.79 Å². The van der Waals surface area contributed by atoms with Gasteiger partial charge in [0.15, 0.2) is 0 Å². The molecule has 0 aromatic carbocycles. The van der Waals surface area contributed by atoms with Crippen LogP contribution >= 0.6 is 0 Å². The van der Waals surface area contributed by atoms with Crippen molar-refractivity contribution in [2.45, 2.75) is 12.8 Å². The zero-order valence-corrected chi connectivity index (χ0v) is 9.52. The average Bonchev–Trinajstić information content (AvgIpc) is 2.90. The summed E-state index contributed by atoms with van der Waals surface area (Å²) in [7, 11) is 0. The second-order valence-electron chi connectivity index (χ2n) is 3.95. The number of carbonyl (C=O) groups excluding carboxylic acids is 1. The van der Waals surface area contributed by atoms with Crippen LogP contribution in [0.2, 0.25) is 0 Å². The molecule has 17 heavy (non-hydrogen) atoms. The summed E-state index contributed by atoms with van der Waals surface area (Å²) in [4.78, 5) is 17.7. The second kappa shape index (κ2) is 5.30. The second-order valence-corrected chi connectivity index (χ2v) is 3.95. The zero-order valence-electron chi connectivity index (χ0n) is 9.52. The molecule has 5 heteroatoms. The van der Waals surface area contributed by atoms with E-state index in [0.717, 1.165) is 25.9 Å². The molecule has 2 rings (SSSR count). The monoisotopic (exact) mass is 230 g/mol. The molecular weight excluding hydrogens is 216 g/mol. The first-order valence-electron chi connectivity index (χ1n) is 5.68. The van der Waals surface area contributed by atoms with Crippen LogP contribution in [0.4, 0.5) is 5.82 Å². The van der Waals surface area contributed by atoms with Crippen LogP contribution in [0, 0.1) is 11.3 Å². The van der Waals surface area contributed by atoms with Gasteiger partial charge in [0.05, 0.1) is 12.1 Å². The minimum absolute atomic E-state index is 0.0667. The Balaban J connectivity index is 1.93. The lowest BCUT2D eigenvalue weighted by Gasteiger charge is -2.15. The Morgan fingerprint density at radius 1 is 1.53 bits per heavy atom. The van der Waals surface area contributed by atoms with Crippen molar-refractivity contribution in [2.24, 2.45) is 0 Å². The molecule has 1 saturated heterocycles. The fourth-order valence-electron chi connectivity index (χ4n) is 1.87. The molecule has 2 heterocycles. The van der Waals surface area contributed by atoms with E-state index in [1.807, 2.05) is 11.0 Å². The molecule has 5 nitrogen and oxygen atoms in total. The molecule has 1 aromatic heterocycles. The standard InChI is InChI=1S/C12H14N4O/c13-8-10-4-3-5-14-12(10)15-9-11(17)16-6-1-2-7-16/h3-5H,1-2,6-7,9H2,(H,14,15). The van der Waals surface area contributed by atoms with E-state index in [1.165, 1.54) is 0 Å². The summed E-state index contributed by atoms with van der Waals surface area (Å²) >= 11 is 0. The first-order valence-corrected chi connectivity index (χ1v) is 5.68. The minimum Gasteiger partial charge on any atom is -0.360 e. The Kier molecular flexibility index (Phi) is 3.55. The average molecular weight is 230 g/mol. The summed E-state index contributed by atoms with van der Waals surface area (Å²) in [5.74, 6) is 0.541. The maximum absolute atomic E-state index is 11.8. The number of nitrogens with one attached hydrogen (secondary N) is 1. The first-order chi connectivity index (χ1) is 8.31. The maximum Gasteiger partial charge on any atom is 0.241 e. The molecular formula is C12H14N4O. The Labute approximate surface area is 100 Å². The summed E-state index contributed by atoms with van der Waals surface area (Å²) in [5.41, 5.74) is 0.460. The van der Waals surface area contributed by atoms with Gasteiger partial charge in [-0.15, -0.1) is 0 Å². The summed E-state index contributed by atoms with van der Waals surface area (Å²) in [5, 5.41) is 11.8. The number of amides is 1. The molecule has 0 unspecified atom stereocenters. The van der Waals surface area contributed by atoms with Crippen LogP contribution in [-0.2, 0) is 4.79 Å². The number of rotatable bonds is 3. The number of likely N-dealkylation sites (tertiary alicyclic amines) is 1. The highest BCUT2D eigenvalue weighted by Crippen LogP contribution is 2.11. The third kappa shape index (κ3) is 2.72. The van der Waals surface area contributed by atoms with Crippen LogP contribution < -0.4 is 5.32 Å². The number of anilines is 1. The van der Waals surface area contributed by atoms with Crippen LogP contribution in [0.3, 0.4) is 0 Å². The van der Waals surface area contributed by atoms with Gasteiger partial charge in [-0.25, -0.2) is 4.98 Å². The first kappa shape index (κ1) is 11.4. The van der Waals surface area contributed by atoms with Crippen LogP contribution in [-0.4, -0.2) is 35.4 Å². The number of nitrogens with zero attached hydrogens (tertiary/aromatic N) is 3. The van der Waals surface area contributed by atoms with Crippen molar-refractivity contribution >= 4 is 11.7 Å². The van der Waals surface area contributed by atoms with Crippen molar-refractivity contribution in [1.29, 1.82) is 5.26 Å². The summed E-state index contributed by atoms with van der Waals surface area (Å²) < 4.78 is 0. The Morgan fingerprint density at radius 3 is 3.00 bits per heavy atom. The third-order valence-corrected chi connectivity index (χ3v) is 2.79. The normalized spacial score (nSPS) is 14.4. The molecule has 1 aliphatic rings. The van der Waals surface area contributed by atoms with E-state index in [-0.39, 0.29) is 12.5 Å². The SMILES string of the molecule is N#Cc1cccnc1NCC(=O)N1CCCC1. The molecule has 0 saturated carbocycles. The van der Waals surface area contributed by atoms with Gasteiger partial charge in [0.2, 0.25) is 5.91 Å². The van der Waals surface area contributed by atoms with E-state index in [0.29, 0.717) is 11.4 Å². The van der Waals surface area contributed by atoms with E-state index >= 15 is 0 Å². The largest absolute Gasteiger partial charge is 0.360 e. The molecule has 0 spiro atoms. The molecule has 1 fully saturated rings. The topological polar surface area (TPSA) is 69.0 Å². The van der Waals surface area contributed by atoms with E-state index in [2.05, 4.69) is 10.3 Å². The number of hydrogen-bond donors (Lipinski definition) is 1. The van der Waals surface area contributed by atoms with Crippen molar-refractivity contribution in [2.75, 3.05) is 25.0 Å². The lowest BCUT2D eigenvalue weighted by molar-refractivity contribution is -0.128. The molecule has 1 amide bonds. The van der Waals surface area contributed by atoms with E-state index in [4.69, 9.17) is 5.26 Å². The third-order valence-electron chi connectivity index (χ3n) is 2.79. The maximum atomic E-state index is 11.8. The number of nitriles is 1. The number of aromatic nitrogens is 1. The number of pyridine rings is 1. The van der Waals surface area contributed by atoms with Gasteiger partial charge in [-0.1, -0.05) is 0 Å². The molecule has 88 valence electrons. The highest BCUT2D eigenvalue weighted by molar-refractivity contribution is 5.81. The molecule has 1 N–H and O–H groups in total. The van der Waals surface area contributed by atoms with Crippen LogP contribution in [0.5, 0.6) is 0 Å². The van der Waals surface area contributed by atoms with Crippen molar-refractivity contribution in [1.82, 2.24) is 9.88 Å². The van der Waals surface area contributed by atoms with Gasteiger partial charge >= 0.3 is 0 Å². The van der Waals surface area contributed by atoms with Crippen molar-refractivity contribution in [3.8, 4) is 6.07 Å². The van der Waals surface area contributed by atoms with E-state index < -0.39 is 0 Å². The summed E-state index contributed by atoms with van der Waals surface area (Å²) in [6, 6.07) is 5.42. The molecule has 0 atom stereocenters. The van der Waals surface area contributed by atoms with Crippen molar-refractivity contribution in [3.05, 3.63) is 23.9 Å². The Bertz CT molecular complexity index is 446. The molecule has 1 aliphatic heterocycles. The molecule has 0 radical (unpaired) electrons. The Hall–Kier alpha value is -2.09. The van der Waals surface area contributed by atoms with Crippen molar-refractivity contribution in [3.63, 3.8) is 0 Å². The number of carbonyl (C=O) groups is 1. The lowest BCUT2D eigenvalue weighted by atomic mass is 10.3. The van der Waals surface area contributed by atoms with Gasteiger partial charge in [-0.05, 0) is 25.0 Å². The number of hydrogen-bond acceptors (Lipinski definition) is 4. The van der Waals surface area contributed by atoms with Crippen LogP contribution in [0.1, 0.15) is 18.4 Å². The predicted octanol–water partition coefficient (Wildman–Crippen LogP) is 0.988. The van der Waals surface area contributed by atoms with Gasteiger partial charge in [0.1, 0.15) is 11.9 Å². The summed E-state index contributed by atoms with van der Waals surface area (Å²) in [6.07, 6.45) is 3.76. The quantitative estimate of drug-likeness (QED) is 0.840.